The minimum atomic E-state index is -0.310. The lowest BCUT2D eigenvalue weighted by molar-refractivity contribution is -0.113. The summed E-state index contributed by atoms with van der Waals surface area (Å²) in [6, 6.07) is 8.68. The maximum atomic E-state index is 12.3. The number of nitrogens with one attached hydrogen (secondary N) is 2. The number of carbonyl (C=O) groups excluding carboxylic acids is 2. The number of para-hydroxylation sites is 1. The number of anilines is 2. The number of amides is 2. The average molecular weight is 384 g/mol. The number of nitrogens with two attached hydrogens (primary N) is 1. The van der Waals surface area contributed by atoms with E-state index in [1.165, 1.54) is 6.20 Å². The molecule has 140 valence electrons. The molecule has 1 heterocycles. The Morgan fingerprint density at radius 3 is 2.74 bits per heavy atom. The van der Waals surface area contributed by atoms with E-state index < -0.39 is 0 Å². The number of hydrogen-bond donors (Lipinski definition) is 3. The molecular weight excluding hydrogens is 364 g/mol. The van der Waals surface area contributed by atoms with Crippen LogP contribution < -0.4 is 16.4 Å². The number of nitrogens with zero attached hydrogens (tertiary/aromatic N) is 3. The molecule has 0 aliphatic rings. The van der Waals surface area contributed by atoms with Gasteiger partial charge < -0.3 is 16.4 Å². The van der Waals surface area contributed by atoms with Gasteiger partial charge in [0, 0.05) is 6.54 Å². The predicted octanol–water partition coefficient (Wildman–Crippen LogP) is 2.05. The zero-order chi connectivity index (χ0) is 19.8. The molecule has 0 radical (unpaired) electrons. The van der Waals surface area contributed by atoms with Gasteiger partial charge in [-0.2, -0.15) is 5.26 Å². The number of benzene rings is 1. The monoisotopic (exact) mass is 384 g/mol. The Balaban J connectivity index is 1.99. The molecule has 0 fully saturated rings. The van der Waals surface area contributed by atoms with E-state index in [4.69, 9.17) is 11.0 Å². The summed E-state index contributed by atoms with van der Waals surface area (Å²) in [5.74, 6) is -0.117. The van der Waals surface area contributed by atoms with E-state index in [0.29, 0.717) is 28.9 Å². The second-order valence-corrected chi connectivity index (χ2v) is 6.99. The highest BCUT2D eigenvalue weighted by atomic mass is 32.2. The number of nitrogen functional groups attached to an aromatic ring is 1. The number of nitriles is 1. The van der Waals surface area contributed by atoms with Gasteiger partial charge in [-0.3, -0.25) is 9.59 Å². The van der Waals surface area contributed by atoms with Gasteiger partial charge in [-0.1, -0.05) is 37.7 Å². The molecule has 0 atom stereocenters. The Kier molecular flexibility index (Phi) is 7.14. The number of carbonyl (C=O) groups is 2. The van der Waals surface area contributed by atoms with Gasteiger partial charge in [0.1, 0.15) is 17.5 Å². The number of aromatic nitrogens is 2. The fourth-order valence-electron chi connectivity index (χ4n) is 2.03. The van der Waals surface area contributed by atoms with Gasteiger partial charge in [0.05, 0.1) is 23.2 Å². The van der Waals surface area contributed by atoms with E-state index >= 15 is 0 Å². The van der Waals surface area contributed by atoms with E-state index in [1.54, 1.807) is 24.3 Å². The minimum Gasteiger partial charge on any atom is -0.382 e. The van der Waals surface area contributed by atoms with Crippen LogP contribution in [0.4, 0.5) is 11.5 Å². The molecule has 27 heavy (non-hydrogen) atoms. The largest absolute Gasteiger partial charge is 0.382 e. The van der Waals surface area contributed by atoms with E-state index in [-0.39, 0.29) is 28.9 Å². The quantitative estimate of drug-likeness (QED) is 0.491. The zero-order valence-electron chi connectivity index (χ0n) is 15.0. The van der Waals surface area contributed by atoms with E-state index in [2.05, 4.69) is 20.6 Å². The van der Waals surface area contributed by atoms with Crippen LogP contribution in [0.2, 0.25) is 0 Å². The molecule has 0 aliphatic carbocycles. The van der Waals surface area contributed by atoms with Crippen molar-refractivity contribution in [1.82, 2.24) is 15.3 Å². The first-order valence-corrected chi connectivity index (χ1v) is 9.21. The highest BCUT2D eigenvalue weighted by Gasteiger charge is 2.14. The second-order valence-electron chi connectivity index (χ2n) is 6.05. The van der Waals surface area contributed by atoms with Crippen molar-refractivity contribution in [1.29, 1.82) is 5.26 Å². The van der Waals surface area contributed by atoms with Crippen LogP contribution in [-0.2, 0) is 4.79 Å². The topological polar surface area (TPSA) is 134 Å². The molecule has 0 aliphatic heterocycles. The molecule has 1 aromatic carbocycles. The third-order valence-electron chi connectivity index (χ3n) is 3.37. The number of thioether (sulfide) groups is 1. The normalized spacial score (nSPS) is 10.3. The maximum Gasteiger partial charge on any atom is 0.253 e. The van der Waals surface area contributed by atoms with Crippen LogP contribution >= 0.6 is 11.8 Å². The molecule has 2 amide bonds. The predicted molar refractivity (Wildman–Crippen MR) is 104 cm³/mol. The molecule has 0 saturated carbocycles. The Morgan fingerprint density at radius 2 is 2.07 bits per heavy atom. The molecule has 4 N–H and O–H groups in total. The van der Waals surface area contributed by atoms with Gasteiger partial charge in [0.15, 0.2) is 5.16 Å². The van der Waals surface area contributed by atoms with E-state index in [0.717, 1.165) is 11.8 Å². The van der Waals surface area contributed by atoms with Gasteiger partial charge in [0.25, 0.3) is 5.91 Å². The smallest absolute Gasteiger partial charge is 0.253 e. The van der Waals surface area contributed by atoms with Crippen molar-refractivity contribution in [2.24, 2.45) is 5.92 Å². The van der Waals surface area contributed by atoms with Crippen molar-refractivity contribution in [3.05, 3.63) is 41.6 Å². The molecule has 0 spiro atoms. The van der Waals surface area contributed by atoms with Crippen LogP contribution in [0.3, 0.4) is 0 Å². The van der Waals surface area contributed by atoms with Gasteiger partial charge in [0.2, 0.25) is 5.91 Å². The molecule has 0 saturated heterocycles. The highest BCUT2D eigenvalue weighted by molar-refractivity contribution is 7.99. The number of hydrogen-bond acceptors (Lipinski definition) is 7. The molecule has 9 heteroatoms. The van der Waals surface area contributed by atoms with Gasteiger partial charge >= 0.3 is 0 Å². The van der Waals surface area contributed by atoms with Crippen molar-refractivity contribution >= 4 is 35.1 Å². The summed E-state index contributed by atoms with van der Waals surface area (Å²) in [6.45, 7) is 4.56. The lowest BCUT2D eigenvalue weighted by Crippen LogP contribution is -2.28. The van der Waals surface area contributed by atoms with Crippen molar-refractivity contribution in [3.63, 3.8) is 0 Å². The third kappa shape index (κ3) is 5.97. The summed E-state index contributed by atoms with van der Waals surface area (Å²) >= 11 is 1.09. The minimum absolute atomic E-state index is 0.0350. The standard InChI is InChI=1S/C18H20N6O2S/c1-11(2)8-21-17(26)13-5-3-4-6-14(13)23-15(25)10-27-18-22-9-12(7-19)16(20)24-18/h3-6,9,11H,8,10H2,1-2H3,(H,21,26)(H,23,25)(H2,20,22,24). The Labute approximate surface area is 161 Å². The van der Waals surface area contributed by atoms with Gasteiger partial charge in [-0.05, 0) is 18.1 Å². The van der Waals surface area contributed by atoms with Crippen LogP contribution in [0, 0.1) is 17.2 Å². The second kappa shape index (κ2) is 9.54. The van der Waals surface area contributed by atoms with E-state index in [9.17, 15) is 9.59 Å². The third-order valence-corrected chi connectivity index (χ3v) is 4.23. The summed E-state index contributed by atoms with van der Waals surface area (Å²) in [5, 5.41) is 14.7. The fourth-order valence-corrected chi connectivity index (χ4v) is 2.65. The van der Waals surface area contributed by atoms with Crippen LogP contribution in [0.15, 0.2) is 35.6 Å². The lowest BCUT2D eigenvalue weighted by atomic mass is 10.1. The molecule has 0 unspecified atom stereocenters. The van der Waals surface area contributed by atoms with Crippen molar-refractivity contribution in [2.75, 3.05) is 23.3 Å². The van der Waals surface area contributed by atoms with Crippen LogP contribution in [0.1, 0.15) is 29.8 Å². The first-order valence-electron chi connectivity index (χ1n) is 8.23. The summed E-state index contributed by atoms with van der Waals surface area (Å²) in [4.78, 5) is 32.5. The molecular formula is C18H20N6O2S. The molecule has 1 aromatic heterocycles. The average Bonchev–Trinajstić information content (AvgIpc) is 2.65. The first kappa shape index (κ1) is 20.2. The SMILES string of the molecule is CC(C)CNC(=O)c1ccccc1NC(=O)CSc1ncc(C#N)c(N)n1. The summed E-state index contributed by atoms with van der Waals surface area (Å²) in [6.07, 6.45) is 1.32. The lowest BCUT2D eigenvalue weighted by Gasteiger charge is -2.12. The summed E-state index contributed by atoms with van der Waals surface area (Å²) in [7, 11) is 0. The fraction of sp³-hybridized carbons (Fsp3) is 0.278. The zero-order valence-corrected chi connectivity index (χ0v) is 15.8. The Bertz CT molecular complexity index is 878. The highest BCUT2D eigenvalue weighted by Crippen LogP contribution is 2.18. The Hall–Kier alpha value is -3.12. The van der Waals surface area contributed by atoms with E-state index in [1.807, 2.05) is 19.9 Å². The Morgan fingerprint density at radius 1 is 1.33 bits per heavy atom. The molecule has 0 bridgehead atoms. The molecule has 2 aromatic rings. The molecule has 8 nitrogen and oxygen atoms in total. The maximum absolute atomic E-state index is 12.3. The summed E-state index contributed by atoms with van der Waals surface area (Å²) in [5.41, 5.74) is 6.65. The molecule has 2 rings (SSSR count). The van der Waals surface area contributed by atoms with Crippen LogP contribution in [0.5, 0.6) is 0 Å². The first-order chi connectivity index (χ1) is 12.9. The van der Waals surface area contributed by atoms with Gasteiger partial charge in [-0.15, -0.1) is 0 Å². The van der Waals surface area contributed by atoms with Crippen molar-refractivity contribution < 1.29 is 9.59 Å². The van der Waals surface area contributed by atoms with Gasteiger partial charge in [-0.25, -0.2) is 9.97 Å². The van der Waals surface area contributed by atoms with Crippen LogP contribution in [0.25, 0.3) is 0 Å². The number of rotatable bonds is 7. The van der Waals surface area contributed by atoms with Crippen molar-refractivity contribution in [2.45, 2.75) is 19.0 Å². The van der Waals surface area contributed by atoms with Crippen LogP contribution in [-0.4, -0.2) is 34.1 Å². The van der Waals surface area contributed by atoms with Crippen molar-refractivity contribution in [3.8, 4) is 6.07 Å². The summed E-state index contributed by atoms with van der Waals surface area (Å²) < 4.78 is 0.